The highest BCUT2D eigenvalue weighted by Gasteiger charge is 2.22. The lowest BCUT2D eigenvalue weighted by Crippen LogP contribution is -2.16. The van der Waals surface area contributed by atoms with E-state index in [0.29, 0.717) is 5.41 Å². The van der Waals surface area contributed by atoms with Crippen LogP contribution in [-0.4, -0.2) is 0 Å². The van der Waals surface area contributed by atoms with Gasteiger partial charge in [-0.15, -0.1) is 0 Å². The van der Waals surface area contributed by atoms with Crippen molar-refractivity contribution in [2.75, 3.05) is 0 Å². The molecule has 0 bridgehead atoms. The molecule has 1 nitrogen and oxygen atoms in total. The highest BCUT2D eigenvalue weighted by atomic mass is 16.3. The topological polar surface area (TPSA) is 13.1 Å². The van der Waals surface area contributed by atoms with Crippen LogP contribution < -0.4 is 0 Å². The summed E-state index contributed by atoms with van der Waals surface area (Å²) >= 11 is 0. The normalized spacial score (nSPS) is 13.3. The van der Waals surface area contributed by atoms with Crippen molar-refractivity contribution in [3.63, 3.8) is 0 Å². The van der Waals surface area contributed by atoms with Gasteiger partial charge in [0.15, 0.2) is 0 Å². The molecule has 0 radical (unpaired) electrons. The first kappa shape index (κ1) is 11.4. The van der Waals surface area contributed by atoms with Crippen LogP contribution in [0.5, 0.6) is 0 Å². The van der Waals surface area contributed by atoms with E-state index in [9.17, 15) is 0 Å². The molecule has 0 amide bonds. The van der Waals surface area contributed by atoms with Crippen molar-refractivity contribution in [2.24, 2.45) is 5.41 Å². The van der Waals surface area contributed by atoms with Crippen molar-refractivity contribution < 1.29 is 4.42 Å². The Morgan fingerprint density at radius 2 is 1.57 bits per heavy atom. The molecule has 14 heavy (non-hydrogen) atoms. The quantitative estimate of drug-likeness (QED) is 0.654. The summed E-state index contributed by atoms with van der Waals surface area (Å²) in [5, 5.41) is 0. The lowest BCUT2D eigenvalue weighted by Gasteiger charge is -2.22. The molecule has 1 heteroatoms. The maximum atomic E-state index is 5.32. The molecule has 0 unspecified atom stereocenters. The third-order valence-corrected chi connectivity index (χ3v) is 2.27. The molecule has 0 aliphatic carbocycles. The molecule has 0 saturated heterocycles. The van der Waals surface area contributed by atoms with Crippen molar-refractivity contribution in [3.8, 4) is 0 Å². The molecule has 0 fully saturated rings. The van der Waals surface area contributed by atoms with E-state index in [1.54, 1.807) is 0 Å². The van der Waals surface area contributed by atoms with E-state index in [1.165, 1.54) is 11.1 Å². The van der Waals surface area contributed by atoms with Gasteiger partial charge in [0, 0.05) is 0 Å². The molecular formula is C13H22O. The van der Waals surface area contributed by atoms with Gasteiger partial charge in [-0.2, -0.15) is 0 Å². The number of hydrogen-bond acceptors (Lipinski definition) is 1. The minimum absolute atomic E-state index is 0.188. The first-order valence-electron chi connectivity index (χ1n) is 5.26. The molecule has 0 atom stereocenters. The Labute approximate surface area is 87.5 Å². The zero-order chi connectivity index (χ0) is 11.0. The Balaban J connectivity index is 2.95. The van der Waals surface area contributed by atoms with E-state index < -0.39 is 0 Å². The monoisotopic (exact) mass is 194 g/mol. The lowest BCUT2D eigenvalue weighted by molar-refractivity contribution is 0.405. The van der Waals surface area contributed by atoms with E-state index >= 15 is 0 Å². The van der Waals surface area contributed by atoms with Crippen LogP contribution in [0.15, 0.2) is 16.9 Å². The molecule has 1 rings (SSSR count). The lowest BCUT2D eigenvalue weighted by atomic mass is 9.81. The summed E-state index contributed by atoms with van der Waals surface area (Å²) in [5.74, 6) is 0. The summed E-state index contributed by atoms with van der Waals surface area (Å²) in [6.07, 6.45) is 4.86. The molecule has 0 N–H and O–H groups in total. The zero-order valence-electron chi connectivity index (χ0n) is 10.3. The molecule has 0 aliphatic heterocycles. The first-order valence-corrected chi connectivity index (χ1v) is 5.26. The van der Waals surface area contributed by atoms with Gasteiger partial charge in [0.1, 0.15) is 0 Å². The number of furan rings is 1. The Hall–Kier alpha value is -0.720. The van der Waals surface area contributed by atoms with E-state index in [2.05, 4.69) is 41.5 Å². The minimum atomic E-state index is 0.188. The molecular weight excluding hydrogens is 172 g/mol. The summed E-state index contributed by atoms with van der Waals surface area (Å²) in [7, 11) is 0. The molecule has 0 saturated carbocycles. The van der Waals surface area contributed by atoms with Crippen molar-refractivity contribution in [1.29, 1.82) is 0 Å². The Bertz CT molecular complexity index is 294. The smallest absolute Gasteiger partial charge is 0.0942 e. The van der Waals surface area contributed by atoms with E-state index in [0.717, 1.165) is 6.42 Å². The highest BCUT2D eigenvalue weighted by molar-refractivity contribution is 5.28. The van der Waals surface area contributed by atoms with Crippen LogP contribution in [0.25, 0.3) is 0 Å². The van der Waals surface area contributed by atoms with Gasteiger partial charge in [0.05, 0.1) is 12.5 Å². The predicted molar refractivity (Wildman–Crippen MR) is 60.6 cm³/mol. The predicted octanol–water partition coefficient (Wildman–Crippen LogP) is 4.17. The fourth-order valence-electron chi connectivity index (χ4n) is 1.69. The third-order valence-electron chi connectivity index (χ3n) is 2.27. The Morgan fingerprint density at radius 1 is 1.00 bits per heavy atom. The summed E-state index contributed by atoms with van der Waals surface area (Å²) in [4.78, 5) is 0. The molecule has 1 aromatic rings. The average molecular weight is 194 g/mol. The van der Waals surface area contributed by atoms with Gasteiger partial charge in [-0.25, -0.2) is 0 Å². The van der Waals surface area contributed by atoms with Crippen molar-refractivity contribution in [2.45, 2.75) is 53.4 Å². The average Bonchev–Trinajstić information content (AvgIpc) is 2.29. The van der Waals surface area contributed by atoms with E-state index in [4.69, 9.17) is 4.42 Å². The minimum Gasteiger partial charge on any atom is -0.472 e. The first-order chi connectivity index (χ1) is 6.20. The SMILES string of the molecule is CC(C)(C)Cc1cocc1C(C)(C)C. The standard InChI is InChI=1S/C13H22O/c1-12(2,3)7-10-8-14-9-11(10)13(4,5)6/h8-9H,7H2,1-6H3. The van der Waals surface area contributed by atoms with Gasteiger partial charge >= 0.3 is 0 Å². The second-order valence-corrected chi connectivity index (χ2v) is 6.30. The van der Waals surface area contributed by atoms with Crippen LogP contribution in [0, 0.1) is 5.41 Å². The fraction of sp³-hybridized carbons (Fsp3) is 0.692. The van der Waals surface area contributed by atoms with Gasteiger partial charge in [-0.3, -0.25) is 0 Å². The molecule has 1 aromatic heterocycles. The fourth-order valence-corrected chi connectivity index (χ4v) is 1.69. The summed E-state index contributed by atoms with van der Waals surface area (Å²) in [5.41, 5.74) is 3.20. The maximum Gasteiger partial charge on any atom is 0.0942 e. The van der Waals surface area contributed by atoms with Crippen molar-refractivity contribution >= 4 is 0 Å². The Kier molecular flexibility index (Phi) is 2.80. The largest absolute Gasteiger partial charge is 0.472 e. The maximum absolute atomic E-state index is 5.32. The summed E-state index contributed by atoms with van der Waals surface area (Å²) in [6.45, 7) is 13.4. The van der Waals surface area contributed by atoms with Crippen LogP contribution >= 0.6 is 0 Å². The van der Waals surface area contributed by atoms with Crippen molar-refractivity contribution in [1.82, 2.24) is 0 Å². The van der Waals surface area contributed by atoms with Gasteiger partial charge in [-0.05, 0) is 28.4 Å². The number of hydrogen-bond donors (Lipinski definition) is 0. The molecule has 0 spiro atoms. The third kappa shape index (κ3) is 2.90. The molecule has 1 heterocycles. The summed E-state index contributed by atoms with van der Waals surface area (Å²) in [6, 6.07) is 0. The second kappa shape index (κ2) is 3.45. The van der Waals surface area contributed by atoms with Gasteiger partial charge in [0.25, 0.3) is 0 Å². The van der Waals surface area contributed by atoms with Crippen LogP contribution in [0.4, 0.5) is 0 Å². The van der Waals surface area contributed by atoms with Crippen molar-refractivity contribution in [3.05, 3.63) is 23.7 Å². The van der Waals surface area contributed by atoms with Crippen LogP contribution in [0.3, 0.4) is 0 Å². The van der Waals surface area contributed by atoms with Gasteiger partial charge in [-0.1, -0.05) is 41.5 Å². The second-order valence-electron chi connectivity index (χ2n) is 6.30. The van der Waals surface area contributed by atoms with Gasteiger partial charge < -0.3 is 4.42 Å². The zero-order valence-corrected chi connectivity index (χ0v) is 10.3. The van der Waals surface area contributed by atoms with Crippen LogP contribution in [0.1, 0.15) is 52.7 Å². The molecule has 0 aromatic carbocycles. The summed E-state index contributed by atoms with van der Waals surface area (Å²) < 4.78 is 5.32. The van der Waals surface area contributed by atoms with E-state index in [1.807, 2.05) is 12.5 Å². The molecule has 80 valence electrons. The molecule has 0 aliphatic rings. The van der Waals surface area contributed by atoms with Crippen LogP contribution in [0.2, 0.25) is 0 Å². The van der Waals surface area contributed by atoms with Gasteiger partial charge in [0.2, 0.25) is 0 Å². The number of rotatable bonds is 1. The van der Waals surface area contributed by atoms with E-state index in [-0.39, 0.29) is 5.41 Å². The van der Waals surface area contributed by atoms with Crippen LogP contribution in [-0.2, 0) is 11.8 Å². The highest BCUT2D eigenvalue weighted by Crippen LogP contribution is 2.31. The Morgan fingerprint density at radius 3 is 2.00 bits per heavy atom.